The van der Waals surface area contributed by atoms with Crippen molar-refractivity contribution < 1.29 is 14.0 Å². The van der Waals surface area contributed by atoms with Gasteiger partial charge in [-0.25, -0.2) is 4.39 Å². The summed E-state index contributed by atoms with van der Waals surface area (Å²) >= 11 is 0. The van der Waals surface area contributed by atoms with Gasteiger partial charge in [0.25, 0.3) is 0 Å². The van der Waals surface area contributed by atoms with Gasteiger partial charge in [-0.3, -0.25) is 9.59 Å². The molecule has 0 bridgehead atoms. The van der Waals surface area contributed by atoms with E-state index >= 15 is 0 Å². The van der Waals surface area contributed by atoms with Gasteiger partial charge in [-0.05, 0) is 29.2 Å². The number of rotatable bonds is 4. The standard InChI is InChI=1S/C19H19FN2O2/c1-12(13-5-3-2-4-6-13)11-21-19(24)16-10-18(23)22-17-9-14(20)7-8-15(16)17/h2-9,12,16H,10-11H2,1H3,(H,21,24)(H,22,23). The molecule has 1 aliphatic rings. The molecule has 3 rings (SSSR count). The van der Waals surface area contributed by atoms with Crippen molar-refractivity contribution >= 4 is 17.5 Å². The van der Waals surface area contributed by atoms with Crippen LogP contribution in [0.25, 0.3) is 0 Å². The van der Waals surface area contributed by atoms with Crippen LogP contribution in [0.15, 0.2) is 48.5 Å². The van der Waals surface area contributed by atoms with Crippen LogP contribution in [0.4, 0.5) is 10.1 Å². The number of hydrogen-bond donors (Lipinski definition) is 2. The zero-order chi connectivity index (χ0) is 17.1. The number of anilines is 1. The van der Waals surface area contributed by atoms with Crippen molar-refractivity contribution in [1.29, 1.82) is 0 Å². The third-order valence-corrected chi connectivity index (χ3v) is 4.32. The molecule has 2 atom stereocenters. The van der Waals surface area contributed by atoms with E-state index in [1.165, 1.54) is 12.1 Å². The summed E-state index contributed by atoms with van der Waals surface area (Å²) in [6.45, 7) is 2.52. The number of benzene rings is 2. The fourth-order valence-corrected chi connectivity index (χ4v) is 2.95. The Morgan fingerprint density at radius 2 is 2.04 bits per heavy atom. The third-order valence-electron chi connectivity index (χ3n) is 4.32. The van der Waals surface area contributed by atoms with Crippen molar-refractivity contribution in [3.8, 4) is 0 Å². The first kappa shape index (κ1) is 16.2. The molecule has 2 N–H and O–H groups in total. The molecular weight excluding hydrogens is 307 g/mol. The van der Waals surface area contributed by atoms with E-state index in [0.29, 0.717) is 17.8 Å². The molecule has 5 heteroatoms. The quantitative estimate of drug-likeness (QED) is 0.907. The number of nitrogens with one attached hydrogen (secondary N) is 2. The molecule has 1 aliphatic heterocycles. The Morgan fingerprint density at radius 1 is 1.29 bits per heavy atom. The van der Waals surface area contributed by atoms with Gasteiger partial charge < -0.3 is 10.6 Å². The Balaban J connectivity index is 1.70. The lowest BCUT2D eigenvalue weighted by Crippen LogP contribution is -2.36. The summed E-state index contributed by atoms with van der Waals surface area (Å²) in [4.78, 5) is 24.3. The summed E-state index contributed by atoms with van der Waals surface area (Å²) in [7, 11) is 0. The van der Waals surface area contributed by atoms with Crippen LogP contribution in [0.5, 0.6) is 0 Å². The molecule has 24 heavy (non-hydrogen) atoms. The van der Waals surface area contributed by atoms with Crippen molar-refractivity contribution in [2.75, 3.05) is 11.9 Å². The van der Waals surface area contributed by atoms with Crippen molar-refractivity contribution in [2.24, 2.45) is 0 Å². The number of halogens is 1. The molecule has 0 fully saturated rings. The molecule has 2 amide bonds. The summed E-state index contributed by atoms with van der Waals surface area (Å²) < 4.78 is 13.3. The summed E-state index contributed by atoms with van der Waals surface area (Å²) in [5.74, 6) is -1.34. The van der Waals surface area contributed by atoms with Crippen LogP contribution in [0.1, 0.15) is 36.3 Å². The number of carbonyl (C=O) groups is 2. The summed E-state index contributed by atoms with van der Waals surface area (Å²) in [5, 5.41) is 5.53. The first-order valence-corrected chi connectivity index (χ1v) is 7.96. The van der Waals surface area contributed by atoms with Crippen LogP contribution in [0, 0.1) is 5.82 Å². The Morgan fingerprint density at radius 3 is 2.79 bits per heavy atom. The fourth-order valence-electron chi connectivity index (χ4n) is 2.95. The lowest BCUT2D eigenvalue weighted by molar-refractivity contribution is -0.126. The normalized spacial score (nSPS) is 17.6. The number of carbonyl (C=O) groups excluding carboxylic acids is 2. The first-order chi connectivity index (χ1) is 11.5. The zero-order valence-electron chi connectivity index (χ0n) is 13.4. The average Bonchev–Trinajstić information content (AvgIpc) is 2.59. The van der Waals surface area contributed by atoms with Crippen LogP contribution < -0.4 is 10.6 Å². The minimum absolute atomic E-state index is 0.0736. The van der Waals surface area contributed by atoms with Crippen molar-refractivity contribution in [2.45, 2.75) is 25.2 Å². The maximum Gasteiger partial charge on any atom is 0.228 e. The second kappa shape index (κ2) is 6.83. The second-order valence-electron chi connectivity index (χ2n) is 6.09. The SMILES string of the molecule is CC(CNC(=O)C1CC(=O)Nc2cc(F)ccc21)c1ccccc1. The molecule has 4 nitrogen and oxygen atoms in total. The summed E-state index contributed by atoms with van der Waals surface area (Å²) in [5.41, 5.74) is 2.17. The lowest BCUT2D eigenvalue weighted by Gasteiger charge is -2.25. The van der Waals surface area contributed by atoms with E-state index in [2.05, 4.69) is 10.6 Å². The third kappa shape index (κ3) is 3.45. The van der Waals surface area contributed by atoms with Gasteiger partial charge in [0.2, 0.25) is 11.8 Å². The van der Waals surface area contributed by atoms with E-state index in [-0.39, 0.29) is 24.2 Å². The van der Waals surface area contributed by atoms with Crippen LogP contribution >= 0.6 is 0 Å². The van der Waals surface area contributed by atoms with E-state index in [1.807, 2.05) is 37.3 Å². The zero-order valence-corrected chi connectivity index (χ0v) is 13.4. The molecule has 2 unspecified atom stereocenters. The monoisotopic (exact) mass is 326 g/mol. The maximum atomic E-state index is 13.3. The highest BCUT2D eigenvalue weighted by atomic mass is 19.1. The first-order valence-electron chi connectivity index (χ1n) is 7.96. The number of amides is 2. The van der Waals surface area contributed by atoms with Crippen molar-refractivity contribution in [3.63, 3.8) is 0 Å². The number of fused-ring (bicyclic) bond motifs is 1. The van der Waals surface area contributed by atoms with E-state index < -0.39 is 11.7 Å². The molecule has 2 aromatic carbocycles. The van der Waals surface area contributed by atoms with Gasteiger partial charge in [0.1, 0.15) is 5.82 Å². The van der Waals surface area contributed by atoms with E-state index in [9.17, 15) is 14.0 Å². The molecule has 0 saturated carbocycles. The van der Waals surface area contributed by atoms with E-state index in [0.717, 1.165) is 5.56 Å². The second-order valence-corrected chi connectivity index (χ2v) is 6.09. The van der Waals surface area contributed by atoms with Gasteiger partial charge in [0.15, 0.2) is 0 Å². The Kier molecular flexibility index (Phi) is 4.60. The summed E-state index contributed by atoms with van der Waals surface area (Å²) in [6.07, 6.45) is 0.0736. The minimum atomic E-state index is -0.586. The van der Waals surface area contributed by atoms with Crippen molar-refractivity contribution in [3.05, 3.63) is 65.5 Å². The predicted octanol–water partition coefficient (Wildman–Crippen LogP) is 3.17. The highest BCUT2D eigenvalue weighted by Crippen LogP contribution is 2.32. The molecule has 124 valence electrons. The molecule has 1 heterocycles. The molecule has 0 spiro atoms. The van der Waals surface area contributed by atoms with Gasteiger partial charge in [-0.2, -0.15) is 0 Å². The molecule has 0 aliphatic carbocycles. The Bertz CT molecular complexity index is 761. The summed E-state index contributed by atoms with van der Waals surface area (Å²) in [6, 6.07) is 14.0. The highest BCUT2D eigenvalue weighted by molar-refractivity contribution is 6.01. The predicted molar refractivity (Wildman–Crippen MR) is 90.3 cm³/mol. The molecule has 0 saturated heterocycles. The van der Waals surface area contributed by atoms with Crippen LogP contribution in [-0.2, 0) is 9.59 Å². The van der Waals surface area contributed by atoms with Gasteiger partial charge >= 0.3 is 0 Å². The molecule has 2 aromatic rings. The van der Waals surface area contributed by atoms with Crippen LogP contribution in [0.3, 0.4) is 0 Å². The van der Waals surface area contributed by atoms with Gasteiger partial charge in [-0.1, -0.05) is 43.3 Å². The highest BCUT2D eigenvalue weighted by Gasteiger charge is 2.30. The molecular formula is C19H19FN2O2. The van der Waals surface area contributed by atoms with E-state index in [4.69, 9.17) is 0 Å². The number of hydrogen-bond acceptors (Lipinski definition) is 2. The largest absolute Gasteiger partial charge is 0.355 e. The maximum absolute atomic E-state index is 13.3. The van der Waals surface area contributed by atoms with Gasteiger partial charge in [-0.15, -0.1) is 0 Å². The van der Waals surface area contributed by atoms with Crippen molar-refractivity contribution in [1.82, 2.24) is 5.32 Å². The molecule has 0 radical (unpaired) electrons. The molecule has 0 aromatic heterocycles. The van der Waals surface area contributed by atoms with Gasteiger partial charge in [0, 0.05) is 18.7 Å². The average molecular weight is 326 g/mol. The Hall–Kier alpha value is -2.69. The Labute approximate surface area is 140 Å². The van der Waals surface area contributed by atoms with Crippen LogP contribution in [-0.4, -0.2) is 18.4 Å². The van der Waals surface area contributed by atoms with E-state index in [1.54, 1.807) is 6.07 Å². The van der Waals surface area contributed by atoms with Gasteiger partial charge in [0.05, 0.1) is 5.92 Å². The topological polar surface area (TPSA) is 58.2 Å². The lowest BCUT2D eigenvalue weighted by atomic mass is 9.89. The fraction of sp³-hybridized carbons (Fsp3) is 0.263. The minimum Gasteiger partial charge on any atom is -0.355 e. The van der Waals surface area contributed by atoms with Crippen LogP contribution in [0.2, 0.25) is 0 Å². The smallest absolute Gasteiger partial charge is 0.228 e.